The Labute approximate surface area is 159 Å². The molecule has 4 amide bonds. The molecule has 0 aliphatic heterocycles. The predicted octanol–water partition coefficient (Wildman–Crippen LogP) is -3.90. The van der Waals surface area contributed by atoms with Gasteiger partial charge in [0.1, 0.15) is 18.1 Å². The summed E-state index contributed by atoms with van der Waals surface area (Å²) < 4.78 is 0. The number of aliphatic hydroxyl groups is 1. The van der Waals surface area contributed by atoms with Gasteiger partial charge >= 0.3 is 5.97 Å². The quantitative estimate of drug-likeness (QED) is 0.159. The number of carbonyl (C=O) groups is 5. The van der Waals surface area contributed by atoms with Crippen LogP contribution in [0.5, 0.6) is 0 Å². The summed E-state index contributed by atoms with van der Waals surface area (Å²) in [7, 11) is 0. The minimum atomic E-state index is -1.55. The van der Waals surface area contributed by atoms with Crippen molar-refractivity contribution in [2.75, 3.05) is 25.2 Å². The van der Waals surface area contributed by atoms with Gasteiger partial charge in [-0.15, -0.1) is 0 Å². The summed E-state index contributed by atoms with van der Waals surface area (Å²) in [6.45, 7) is -1.12. The number of carboxylic acid groups (broad SMARTS) is 1. The van der Waals surface area contributed by atoms with Gasteiger partial charge in [0.15, 0.2) is 0 Å². The van der Waals surface area contributed by atoms with Gasteiger partial charge in [0.2, 0.25) is 23.6 Å². The van der Waals surface area contributed by atoms with E-state index in [2.05, 4.69) is 16.0 Å². The lowest BCUT2D eigenvalue weighted by molar-refractivity contribution is -0.143. The van der Waals surface area contributed by atoms with E-state index >= 15 is 0 Å². The third kappa shape index (κ3) is 9.77. The van der Waals surface area contributed by atoms with Crippen LogP contribution in [0.1, 0.15) is 12.8 Å². The summed E-state index contributed by atoms with van der Waals surface area (Å²) in [6, 6.07) is -4.02. The fraction of sp³-hybridized carbons (Fsp3) is 0.643. The number of rotatable bonds is 13. The number of carboxylic acids is 1. The number of thioether (sulfide) groups is 1. The van der Waals surface area contributed by atoms with Gasteiger partial charge in [-0.2, -0.15) is 11.8 Å². The average molecular weight is 407 g/mol. The molecular weight excluding hydrogens is 382 g/mol. The Morgan fingerprint density at radius 1 is 1.00 bits per heavy atom. The standard InChI is InChI=1S/C14H25N5O7S/c1-27-3-2-7(12(23)19-8(14(25)26)4-10(16)21)18-13(24)9(6-20)17-11(22)5-15/h7-9,20H,2-6,15H2,1H3,(H2,16,21)(H,17,22)(H,18,24)(H,19,23)(H,25,26). The van der Waals surface area contributed by atoms with Gasteiger partial charge in [-0.3, -0.25) is 19.2 Å². The van der Waals surface area contributed by atoms with Crippen LogP contribution in [0.4, 0.5) is 0 Å². The largest absolute Gasteiger partial charge is 0.480 e. The molecule has 0 saturated carbocycles. The molecule has 9 N–H and O–H groups in total. The van der Waals surface area contributed by atoms with Crippen molar-refractivity contribution < 1.29 is 34.2 Å². The van der Waals surface area contributed by atoms with Crippen LogP contribution >= 0.6 is 11.8 Å². The first kappa shape index (κ1) is 24.6. The molecule has 0 radical (unpaired) electrons. The third-order valence-electron chi connectivity index (χ3n) is 3.28. The first-order valence-corrected chi connectivity index (χ1v) is 9.26. The van der Waals surface area contributed by atoms with Crippen molar-refractivity contribution in [1.29, 1.82) is 0 Å². The van der Waals surface area contributed by atoms with Crippen molar-refractivity contribution in [3.63, 3.8) is 0 Å². The molecule has 0 spiro atoms. The Bertz CT molecular complexity index is 560. The Morgan fingerprint density at radius 2 is 1.56 bits per heavy atom. The van der Waals surface area contributed by atoms with Crippen LogP contribution in [-0.4, -0.2) is 83.1 Å². The van der Waals surface area contributed by atoms with E-state index in [1.165, 1.54) is 11.8 Å². The van der Waals surface area contributed by atoms with E-state index < -0.39 is 67.3 Å². The van der Waals surface area contributed by atoms with Crippen molar-refractivity contribution in [3.05, 3.63) is 0 Å². The summed E-state index contributed by atoms with van der Waals surface area (Å²) in [6.07, 6.45) is 1.29. The van der Waals surface area contributed by atoms with Crippen LogP contribution in [0.3, 0.4) is 0 Å². The SMILES string of the molecule is CSCCC(NC(=O)C(CO)NC(=O)CN)C(=O)NC(CC(N)=O)C(=O)O. The fourth-order valence-electron chi connectivity index (χ4n) is 1.90. The summed E-state index contributed by atoms with van der Waals surface area (Å²) in [5.74, 6) is -4.29. The molecule has 0 rings (SSSR count). The van der Waals surface area contributed by atoms with Gasteiger partial charge in [0.05, 0.1) is 19.6 Å². The van der Waals surface area contributed by atoms with Crippen LogP contribution in [0.25, 0.3) is 0 Å². The monoisotopic (exact) mass is 407 g/mol. The zero-order chi connectivity index (χ0) is 21.0. The first-order valence-electron chi connectivity index (χ1n) is 7.87. The van der Waals surface area contributed by atoms with Crippen LogP contribution < -0.4 is 27.4 Å². The lowest BCUT2D eigenvalue weighted by atomic mass is 10.1. The summed E-state index contributed by atoms with van der Waals surface area (Å²) in [5, 5.41) is 25.0. The predicted molar refractivity (Wildman–Crippen MR) is 96.4 cm³/mol. The maximum absolute atomic E-state index is 12.3. The van der Waals surface area contributed by atoms with E-state index in [0.717, 1.165) is 0 Å². The van der Waals surface area contributed by atoms with Crippen LogP contribution in [0.15, 0.2) is 0 Å². The normalized spacial score (nSPS) is 13.7. The highest BCUT2D eigenvalue weighted by Gasteiger charge is 2.29. The molecule has 0 aliphatic carbocycles. The minimum absolute atomic E-state index is 0.143. The highest BCUT2D eigenvalue weighted by atomic mass is 32.2. The molecule has 0 aliphatic rings. The smallest absolute Gasteiger partial charge is 0.326 e. The summed E-state index contributed by atoms with van der Waals surface area (Å²) in [4.78, 5) is 57.9. The highest BCUT2D eigenvalue weighted by molar-refractivity contribution is 7.98. The second-order valence-electron chi connectivity index (χ2n) is 5.42. The van der Waals surface area contributed by atoms with Gasteiger partial charge in [-0.05, 0) is 18.4 Å². The lowest BCUT2D eigenvalue weighted by Crippen LogP contribution is -2.57. The highest BCUT2D eigenvalue weighted by Crippen LogP contribution is 2.03. The zero-order valence-corrected chi connectivity index (χ0v) is 15.6. The van der Waals surface area contributed by atoms with Crippen LogP contribution in [0, 0.1) is 0 Å². The summed E-state index contributed by atoms with van der Waals surface area (Å²) >= 11 is 1.38. The molecule has 0 aromatic heterocycles. The number of aliphatic hydroxyl groups excluding tert-OH is 1. The minimum Gasteiger partial charge on any atom is -0.480 e. The second-order valence-corrected chi connectivity index (χ2v) is 6.40. The van der Waals surface area contributed by atoms with E-state index in [1.807, 2.05) is 0 Å². The van der Waals surface area contributed by atoms with E-state index in [0.29, 0.717) is 5.75 Å². The van der Waals surface area contributed by atoms with Gasteiger partial charge in [0.25, 0.3) is 0 Å². The molecule has 0 heterocycles. The number of carbonyl (C=O) groups excluding carboxylic acids is 4. The van der Waals surface area contributed by atoms with Crippen molar-refractivity contribution in [3.8, 4) is 0 Å². The first-order chi connectivity index (χ1) is 12.7. The van der Waals surface area contributed by atoms with Crippen molar-refractivity contribution in [2.45, 2.75) is 31.0 Å². The topological polar surface area (TPSA) is 214 Å². The molecule has 13 heteroatoms. The molecule has 12 nitrogen and oxygen atoms in total. The van der Waals surface area contributed by atoms with Crippen molar-refractivity contribution in [2.24, 2.45) is 11.5 Å². The number of hydrogen-bond acceptors (Lipinski definition) is 8. The van der Waals surface area contributed by atoms with Crippen molar-refractivity contribution >= 4 is 41.4 Å². The maximum Gasteiger partial charge on any atom is 0.326 e. The molecule has 0 bridgehead atoms. The average Bonchev–Trinajstić information content (AvgIpc) is 2.61. The molecule has 27 heavy (non-hydrogen) atoms. The van der Waals surface area contributed by atoms with Crippen LogP contribution in [0.2, 0.25) is 0 Å². The van der Waals surface area contributed by atoms with E-state index in [-0.39, 0.29) is 6.42 Å². The van der Waals surface area contributed by atoms with Crippen molar-refractivity contribution in [1.82, 2.24) is 16.0 Å². The van der Waals surface area contributed by atoms with Crippen LogP contribution in [-0.2, 0) is 24.0 Å². The van der Waals surface area contributed by atoms with E-state index in [9.17, 15) is 29.1 Å². The van der Waals surface area contributed by atoms with E-state index in [4.69, 9.17) is 16.6 Å². The van der Waals surface area contributed by atoms with Gasteiger partial charge in [-0.1, -0.05) is 0 Å². The second kappa shape index (κ2) is 12.9. The number of primary amides is 1. The Kier molecular flexibility index (Phi) is 11.8. The molecule has 0 fully saturated rings. The number of aliphatic carboxylic acids is 1. The Hall–Kier alpha value is -2.38. The Morgan fingerprint density at radius 3 is 2.00 bits per heavy atom. The number of nitrogens with two attached hydrogens (primary N) is 2. The molecular formula is C14H25N5O7S. The molecule has 0 aromatic carbocycles. The third-order valence-corrected chi connectivity index (χ3v) is 3.93. The maximum atomic E-state index is 12.3. The zero-order valence-electron chi connectivity index (χ0n) is 14.8. The molecule has 0 saturated heterocycles. The number of amides is 4. The molecule has 0 aromatic rings. The molecule has 3 atom stereocenters. The van der Waals surface area contributed by atoms with Gasteiger partial charge in [-0.25, -0.2) is 4.79 Å². The van der Waals surface area contributed by atoms with Gasteiger partial charge in [0, 0.05) is 0 Å². The summed E-state index contributed by atoms with van der Waals surface area (Å²) in [5.41, 5.74) is 10.1. The van der Waals surface area contributed by atoms with E-state index in [1.54, 1.807) is 6.26 Å². The fourth-order valence-corrected chi connectivity index (χ4v) is 2.37. The van der Waals surface area contributed by atoms with Gasteiger partial charge < -0.3 is 37.6 Å². The molecule has 3 unspecified atom stereocenters. The Balaban J connectivity index is 5.14. The molecule has 154 valence electrons. The number of hydrogen-bond donors (Lipinski definition) is 7. The number of nitrogens with one attached hydrogen (secondary N) is 3. The lowest BCUT2D eigenvalue weighted by Gasteiger charge is -2.23.